The Morgan fingerprint density at radius 2 is 1.77 bits per heavy atom. The van der Waals surface area contributed by atoms with Crippen molar-refractivity contribution in [1.29, 1.82) is 0 Å². The second-order valence-electron chi connectivity index (χ2n) is 9.77. The summed E-state index contributed by atoms with van der Waals surface area (Å²) in [4.78, 5) is 28.0. The predicted octanol–water partition coefficient (Wildman–Crippen LogP) is 3.60. The molecule has 0 spiro atoms. The van der Waals surface area contributed by atoms with Crippen LogP contribution in [0.1, 0.15) is 36.0 Å². The van der Waals surface area contributed by atoms with Crippen molar-refractivity contribution in [2.24, 2.45) is 5.73 Å². The molecule has 4 bridgehead atoms. The van der Waals surface area contributed by atoms with E-state index in [9.17, 15) is 18.0 Å². The molecule has 2 aromatic carbocycles. The molecule has 2 aromatic rings. The Morgan fingerprint density at radius 1 is 1.08 bits per heavy atom. The maximum atomic E-state index is 13.9. The van der Waals surface area contributed by atoms with Gasteiger partial charge in [-0.25, -0.2) is 8.42 Å². The average Bonchev–Trinajstić information content (AvgIpc) is 2.92. The van der Waals surface area contributed by atoms with E-state index < -0.39 is 27.5 Å². The van der Waals surface area contributed by atoms with Gasteiger partial charge in [-0.3, -0.25) is 13.9 Å². The lowest BCUT2D eigenvalue weighted by Gasteiger charge is -2.43. The van der Waals surface area contributed by atoms with Gasteiger partial charge >= 0.3 is 0 Å². The highest BCUT2D eigenvalue weighted by Crippen LogP contribution is 2.32. The number of methoxy groups -OCH3 is 1. The number of carbonyl (C=O) groups excluding carboxylic acids is 2. The average molecular weight is 596 g/mol. The zero-order chi connectivity index (χ0) is 28.2. The van der Waals surface area contributed by atoms with Gasteiger partial charge in [-0.05, 0) is 68.1 Å². The van der Waals surface area contributed by atoms with Gasteiger partial charge in [0.2, 0.25) is 5.91 Å². The molecule has 3 aliphatic heterocycles. The minimum Gasteiger partial charge on any atom is -0.385 e. The fraction of sp³-hybridized carbons (Fsp3) is 0.407. The molecule has 0 aliphatic carbocycles. The van der Waals surface area contributed by atoms with Gasteiger partial charge in [0.15, 0.2) is 0 Å². The fourth-order valence-corrected chi connectivity index (χ4v) is 6.91. The second-order valence-corrected chi connectivity index (χ2v) is 12.4. The number of nitrogens with two attached hydrogens (primary N) is 1. The normalized spacial score (nSPS) is 22.3. The number of anilines is 1. The number of ether oxygens (including phenoxy) is 1. The van der Waals surface area contributed by atoms with Crippen LogP contribution < -0.4 is 15.4 Å². The fourth-order valence-electron chi connectivity index (χ4n) is 4.86. The highest BCUT2D eigenvalue weighted by Gasteiger charge is 2.38. The van der Waals surface area contributed by atoms with Gasteiger partial charge in [-0.2, -0.15) is 0 Å². The van der Waals surface area contributed by atoms with Gasteiger partial charge in [-0.15, -0.1) is 0 Å². The van der Waals surface area contributed by atoms with Crippen molar-refractivity contribution in [2.75, 3.05) is 37.7 Å². The molecular formula is C27H32Cl2N4O5S. The molecule has 3 heterocycles. The van der Waals surface area contributed by atoms with Crippen molar-refractivity contribution < 1.29 is 22.7 Å². The third-order valence-electron chi connectivity index (χ3n) is 7.22. The topological polar surface area (TPSA) is 122 Å². The Bertz CT molecular complexity index is 1340. The molecule has 12 heteroatoms. The summed E-state index contributed by atoms with van der Waals surface area (Å²) in [5.41, 5.74) is 6.10. The van der Waals surface area contributed by atoms with Gasteiger partial charge in [0, 0.05) is 42.9 Å². The number of benzene rings is 2. The van der Waals surface area contributed by atoms with Crippen LogP contribution >= 0.6 is 23.2 Å². The summed E-state index contributed by atoms with van der Waals surface area (Å²) in [5, 5.41) is 3.55. The SMILES string of the molecule is COCCC12CCN(CC1)C(=O)C(N)C/C=C\CN(c1ccc(Cl)cc1)S(=O)(=O)c1cc(ccc1Cl)C(=O)N2. The zero-order valence-corrected chi connectivity index (χ0v) is 23.9. The van der Waals surface area contributed by atoms with Gasteiger partial charge in [0.05, 0.1) is 23.3 Å². The van der Waals surface area contributed by atoms with Gasteiger partial charge in [0.1, 0.15) is 4.90 Å². The van der Waals surface area contributed by atoms with Crippen LogP contribution in [-0.4, -0.2) is 70.1 Å². The predicted molar refractivity (Wildman–Crippen MR) is 152 cm³/mol. The van der Waals surface area contributed by atoms with Crippen LogP contribution in [-0.2, 0) is 19.6 Å². The second kappa shape index (κ2) is 12.3. The number of carbonyl (C=O) groups is 2. The number of sulfonamides is 1. The third kappa shape index (κ3) is 6.58. The van der Waals surface area contributed by atoms with E-state index in [0.717, 1.165) is 0 Å². The molecule has 0 saturated carbocycles. The molecule has 3 N–H and O–H groups in total. The maximum Gasteiger partial charge on any atom is 0.266 e. The Kier molecular flexibility index (Phi) is 9.23. The quantitative estimate of drug-likeness (QED) is 0.521. The lowest BCUT2D eigenvalue weighted by atomic mass is 9.84. The molecular weight excluding hydrogens is 563 g/mol. The highest BCUT2D eigenvalue weighted by atomic mass is 35.5. The number of nitrogens with one attached hydrogen (secondary N) is 1. The summed E-state index contributed by atoms with van der Waals surface area (Å²) < 4.78 is 34.4. The lowest BCUT2D eigenvalue weighted by molar-refractivity contribution is -0.134. The Hall–Kier alpha value is -2.63. The molecule has 3 aliphatic rings. The molecule has 1 saturated heterocycles. The van der Waals surface area contributed by atoms with E-state index >= 15 is 0 Å². The van der Waals surface area contributed by atoms with Gasteiger partial charge < -0.3 is 20.7 Å². The van der Waals surface area contributed by atoms with Crippen LogP contribution in [0, 0.1) is 0 Å². The van der Waals surface area contributed by atoms with Crippen LogP contribution in [0.2, 0.25) is 10.0 Å². The number of rotatable bonds is 4. The number of amides is 2. The molecule has 210 valence electrons. The van der Waals surface area contributed by atoms with Crippen molar-refractivity contribution in [1.82, 2.24) is 10.2 Å². The summed E-state index contributed by atoms with van der Waals surface area (Å²) in [5.74, 6) is -0.616. The molecule has 1 fully saturated rings. The number of fused-ring (bicyclic) bond motifs is 9. The van der Waals surface area contributed by atoms with Crippen molar-refractivity contribution in [3.8, 4) is 0 Å². The minimum atomic E-state index is -4.22. The standard InChI is InChI=1S/C27H32Cl2N4O5S/c1-38-17-13-27-11-15-32(16-12-27)26(35)23(30)4-2-3-14-33(21-8-6-20(28)7-9-21)39(36,37)24-18-19(25(34)31-27)5-10-22(24)29/h2-3,5-10,18,23H,4,11-17,30H2,1H3,(H,31,34)/b3-2-. The molecule has 39 heavy (non-hydrogen) atoms. The van der Waals surface area contributed by atoms with E-state index in [1.807, 2.05) is 0 Å². The summed E-state index contributed by atoms with van der Waals surface area (Å²) in [6, 6.07) is 9.78. The summed E-state index contributed by atoms with van der Waals surface area (Å²) in [7, 11) is -2.63. The van der Waals surface area contributed by atoms with Crippen LogP contribution in [0.15, 0.2) is 59.5 Å². The first-order chi connectivity index (χ1) is 18.6. The zero-order valence-electron chi connectivity index (χ0n) is 21.6. The smallest absolute Gasteiger partial charge is 0.266 e. The highest BCUT2D eigenvalue weighted by molar-refractivity contribution is 7.93. The lowest BCUT2D eigenvalue weighted by Crippen LogP contribution is -2.58. The van der Waals surface area contributed by atoms with E-state index in [-0.39, 0.29) is 34.4 Å². The van der Waals surface area contributed by atoms with Gasteiger partial charge in [-0.1, -0.05) is 35.4 Å². The molecule has 1 atom stereocenters. The molecule has 9 nitrogen and oxygen atoms in total. The number of piperidine rings is 1. The largest absolute Gasteiger partial charge is 0.385 e. The number of halogens is 2. The van der Waals surface area contributed by atoms with Crippen molar-refractivity contribution >= 4 is 50.7 Å². The van der Waals surface area contributed by atoms with E-state index in [1.54, 1.807) is 48.4 Å². The molecule has 0 radical (unpaired) electrons. The first kappa shape index (κ1) is 29.4. The van der Waals surface area contributed by atoms with Crippen LogP contribution in [0.25, 0.3) is 0 Å². The van der Waals surface area contributed by atoms with E-state index in [2.05, 4.69) is 5.32 Å². The molecule has 5 rings (SSSR count). The number of hydrogen-bond acceptors (Lipinski definition) is 6. The molecule has 0 aromatic heterocycles. The molecule has 1 unspecified atom stereocenters. The Balaban J connectivity index is 1.79. The number of nitrogens with zero attached hydrogens (tertiary/aromatic N) is 2. The van der Waals surface area contributed by atoms with E-state index in [0.29, 0.717) is 49.7 Å². The maximum absolute atomic E-state index is 13.9. The van der Waals surface area contributed by atoms with Crippen LogP contribution in [0.4, 0.5) is 5.69 Å². The Labute approximate surface area is 238 Å². The van der Waals surface area contributed by atoms with Crippen molar-refractivity contribution in [3.63, 3.8) is 0 Å². The number of hydrogen-bond donors (Lipinski definition) is 2. The van der Waals surface area contributed by atoms with Crippen molar-refractivity contribution in [2.45, 2.75) is 42.2 Å². The minimum absolute atomic E-state index is 0.0116. The summed E-state index contributed by atoms with van der Waals surface area (Å²) in [6.45, 7) is 1.23. The van der Waals surface area contributed by atoms with Crippen LogP contribution in [0.5, 0.6) is 0 Å². The van der Waals surface area contributed by atoms with E-state index in [1.165, 1.54) is 22.5 Å². The van der Waals surface area contributed by atoms with Crippen LogP contribution in [0.3, 0.4) is 0 Å². The first-order valence-corrected chi connectivity index (χ1v) is 14.8. The molecule has 2 amide bonds. The van der Waals surface area contributed by atoms with Gasteiger partial charge in [0.25, 0.3) is 15.9 Å². The van der Waals surface area contributed by atoms with E-state index in [4.69, 9.17) is 33.7 Å². The third-order valence-corrected chi connectivity index (χ3v) is 9.74. The van der Waals surface area contributed by atoms with Crippen molar-refractivity contribution in [3.05, 3.63) is 70.2 Å². The first-order valence-electron chi connectivity index (χ1n) is 12.6. The Morgan fingerprint density at radius 3 is 2.44 bits per heavy atom. The summed E-state index contributed by atoms with van der Waals surface area (Å²) in [6.07, 6.45) is 5.16. The monoisotopic (exact) mass is 594 g/mol. The summed E-state index contributed by atoms with van der Waals surface area (Å²) >= 11 is 12.4.